The SMILES string of the molecule is O=C(NNc1cc(C(F)(F)F)cc(Cl)n1)c1ccc([N+](=O)[O-])cc1. The maximum atomic E-state index is 12.7. The normalized spacial score (nSPS) is 11.0. The number of hydrogen-bond donors (Lipinski definition) is 2. The molecule has 0 aliphatic heterocycles. The number of carbonyl (C=O) groups is 1. The molecule has 0 unspecified atom stereocenters. The summed E-state index contributed by atoms with van der Waals surface area (Å²) in [5.74, 6) is -1.04. The van der Waals surface area contributed by atoms with E-state index in [1.165, 1.54) is 12.1 Å². The molecule has 2 N–H and O–H groups in total. The Morgan fingerprint density at radius 1 is 1.21 bits per heavy atom. The number of halogens is 4. The van der Waals surface area contributed by atoms with E-state index in [1.807, 2.05) is 0 Å². The van der Waals surface area contributed by atoms with Gasteiger partial charge in [0.25, 0.3) is 11.6 Å². The number of non-ortho nitro benzene ring substituents is 1. The van der Waals surface area contributed by atoms with E-state index in [0.29, 0.717) is 12.1 Å². The summed E-state index contributed by atoms with van der Waals surface area (Å²) < 4.78 is 38.0. The number of alkyl halides is 3. The van der Waals surface area contributed by atoms with Gasteiger partial charge >= 0.3 is 6.18 Å². The lowest BCUT2D eigenvalue weighted by atomic mass is 10.2. The molecule has 0 saturated carbocycles. The number of hydrogen-bond acceptors (Lipinski definition) is 5. The van der Waals surface area contributed by atoms with Gasteiger partial charge in [-0.15, -0.1) is 0 Å². The number of nitro benzene ring substituents is 1. The Hall–Kier alpha value is -2.88. The van der Waals surface area contributed by atoms with Crippen molar-refractivity contribution in [2.24, 2.45) is 0 Å². The molecule has 1 aromatic carbocycles. The van der Waals surface area contributed by atoms with Gasteiger partial charge in [-0.05, 0) is 24.3 Å². The summed E-state index contributed by atoms with van der Waals surface area (Å²) in [5.41, 5.74) is 3.15. The second-order valence-electron chi connectivity index (χ2n) is 4.44. The van der Waals surface area contributed by atoms with E-state index < -0.39 is 27.7 Å². The average Bonchev–Trinajstić information content (AvgIpc) is 2.51. The molecule has 2 rings (SSSR count). The second kappa shape index (κ2) is 6.71. The molecular formula is C13H8ClF3N4O3. The quantitative estimate of drug-likeness (QED) is 0.494. The number of nitrogens with zero attached hydrogens (tertiary/aromatic N) is 2. The molecule has 7 nitrogen and oxygen atoms in total. The molecule has 0 atom stereocenters. The fourth-order valence-electron chi connectivity index (χ4n) is 1.65. The summed E-state index contributed by atoms with van der Waals surface area (Å²) in [6.07, 6.45) is -4.62. The number of nitro groups is 1. The van der Waals surface area contributed by atoms with Crippen LogP contribution in [0.2, 0.25) is 5.15 Å². The summed E-state index contributed by atoms with van der Waals surface area (Å²) in [6, 6.07) is 5.94. The van der Waals surface area contributed by atoms with E-state index in [9.17, 15) is 28.1 Å². The Morgan fingerprint density at radius 2 is 1.83 bits per heavy atom. The molecule has 0 aliphatic carbocycles. The molecule has 0 aliphatic rings. The van der Waals surface area contributed by atoms with E-state index in [0.717, 1.165) is 12.1 Å². The van der Waals surface area contributed by atoms with Gasteiger partial charge in [0.15, 0.2) is 0 Å². The van der Waals surface area contributed by atoms with Crippen molar-refractivity contribution in [3.8, 4) is 0 Å². The van der Waals surface area contributed by atoms with Crippen LogP contribution in [-0.2, 0) is 6.18 Å². The van der Waals surface area contributed by atoms with Crippen molar-refractivity contribution in [3.05, 3.63) is 62.8 Å². The molecule has 0 radical (unpaired) electrons. The number of rotatable bonds is 4. The topological polar surface area (TPSA) is 97.2 Å². The van der Waals surface area contributed by atoms with Crippen LogP contribution in [0.5, 0.6) is 0 Å². The van der Waals surface area contributed by atoms with E-state index >= 15 is 0 Å². The number of nitrogens with one attached hydrogen (secondary N) is 2. The zero-order valence-corrected chi connectivity index (χ0v) is 12.4. The van der Waals surface area contributed by atoms with Crippen molar-refractivity contribution >= 4 is 29.0 Å². The molecule has 0 bridgehead atoms. The number of pyridine rings is 1. The second-order valence-corrected chi connectivity index (χ2v) is 4.83. The van der Waals surface area contributed by atoms with Crippen molar-refractivity contribution in [3.63, 3.8) is 0 Å². The van der Waals surface area contributed by atoms with Gasteiger partial charge in [0.2, 0.25) is 0 Å². The maximum absolute atomic E-state index is 12.7. The summed E-state index contributed by atoms with van der Waals surface area (Å²) in [4.78, 5) is 25.3. The van der Waals surface area contributed by atoms with Crippen LogP contribution in [0, 0.1) is 10.1 Å². The minimum atomic E-state index is -4.62. The van der Waals surface area contributed by atoms with Gasteiger partial charge < -0.3 is 0 Å². The summed E-state index contributed by atoms with van der Waals surface area (Å²) in [7, 11) is 0. The lowest BCUT2D eigenvalue weighted by Gasteiger charge is -2.11. The monoisotopic (exact) mass is 360 g/mol. The van der Waals surface area contributed by atoms with Crippen LogP contribution in [-0.4, -0.2) is 15.8 Å². The van der Waals surface area contributed by atoms with Crippen LogP contribution >= 0.6 is 11.6 Å². The van der Waals surface area contributed by atoms with Crippen molar-refractivity contribution in [1.82, 2.24) is 10.4 Å². The van der Waals surface area contributed by atoms with Gasteiger partial charge in [0.05, 0.1) is 10.5 Å². The Labute approximate surface area is 137 Å². The summed E-state index contributed by atoms with van der Waals surface area (Å²) in [6.45, 7) is 0. The van der Waals surface area contributed by atoms with Crippen molar-refractivity contribution in [2.45, 2.75) is 6.18 Å². The van der Waals surface area contributed by atoms with E-state index in [4.69, 9.17) is 11.6 Å². The first-order valence-corrected chi connectivity index (χ1v) is 6.60. The molecule has 0 spiro atoms. The Morgan fingerprint density at radius 3 is 2.38 bits per heavy atom. The van der Waals surface area contributed by atoms with Gasteiger partial charge in [0, 0.05) is 17.7 Å². The third-order valence-corrected chi connectivity index (χ3v) is 2.96. The van der Waals surface area contributed by atoms with E-state index in [2.05, 4.69) is 15.8 Å². The minimum Gasteiger partial charge on any atom is -0.282 e. The highest BCUT2D eigenvalue weighted by molar-refractivity contribution is 6.29. The lowest BCUT2D eigenvalue weighted by Crippen LogP contribution is -2.30. The third-order valence-electron chi connectivity index (χ3n) is 2.77. The standard InChI is InChI=1S/C13H8ClF3N4O3/c14-10-5-8(13(15,16)17)6-11(18-10)19-20-12(22)7-1-3-9(4-2-7)21(23)24/h1-6H,(H,18,19)(H,20,22). The van der Waals surface area contributed by atoms with Crippen LogP contribution in [0.1, 0.15) is 15.9 Å². The van der Waals surface area contributed by atoms with Crippen LogP contribution < -0.4 is 10.9 Å². The van der Waals surface area contributed by atoms with Crippen LogP contribution in [0.4, 0.5) is 24.7 Å². The van der Waals surface area contributed by atoms with Gasteiger partial charge in [-0.25, -0.2) is 4.98 Å². The number of hydrazine groups is 1. The van der Waals surface area contributed by atoms with Crippen LogP contribution in [0.3, 0.4) is 0 Å². The summed E-state index contributed by atoms with van der Waals surface area (Å²) >= 11 is 5.51. The highest BCUT2D eigenvalue weighted by atomic mass is 35.5. The number of aromatic nitrogens is 1. The fourth-order valence-corrected chi connectivity index (χ4v) is 1.86. The molecular weight excluding hydrogens is 353 g/mol. The zero-order chi connectivity index (χ0) is 17.9. The largest absolute Gasteiger partial charge is 0.416 e. The molecule has 24 heavy (non-hydrogen) atoms. The van der Waals surface area contributed by atoms with Gasteiger partial charge in [0.1, 0.15) is 11.0 Å². The predicted molar refractivity (Wildman–Crippen MR) is 78.4 cm³/mol. The smallest absolute Gasteiger partial charge is 0.282 e. The van der Waals surface area contributed by atoms with E-state index in [-0.39, 0.29) is 17.1 Å². The lowest BCUT2D eigenvalue weighted by molar-refractivity contribution is -0.384. The third kappa shape index (κ3) is 4.32. The van der Waals surface area contributed by atoms with E-state index in [1.54, 1.807) is 0 Å². The van der Waals surface area contributed by atoms with Crippen molar-refractivity contribution < 1.29 is 22.9 Å². The molecule has 126 valence electrons. The van der Waals surface area contributed by atoms with Crippen molar-refractivity contribution in [2.75, 3.05) is 5.43 Å². The van der Waals surface area contributed by atoms with Gasteiger partial charge in [-0.2, -0.15) is 13.2 Å². The number of amides is 1. The Bertz CT molecular complexity index is 781. The Balaban J connectivity index is 2.09. The van der Waals surface area contributed by atoms with Crippen LogP contribution in [0.15, 0.2) is 36.4 Å². The number of anilines is 1. The minimum absolute atomic E-state index is 0.0613. The van der Waals surface area contributed by atoms with Gasteiger partial charge in [-0.1, -0.05) is 11.6 Å². The first kappa shape index (κ1) is 17.5. The van der Waals surface area contributed by atoms with Crippen molar-refractivity contribution in [1.29, 1.82) is 0 Å². The first-order chi connectivity index (χ1) is 11.2. The molecule has 11 heteroatoms. The molecule has 2 aromatic rings. The molecule has 1 aromatic heterocycles. The highest BCUT2D eigenvalue weighted by Crippen LogP contribution is 2.31. The zero-order valence-electron chi connectivity index (χ0n) is 11.6. The molecule has 0 fully saturated rings. The highest BCUT2D eigenvalue weighted by Gasteiger charge is 2.31. The first-order valence-electron chi connectivity index (χ1n) is 6.22. The molecule has 1 heterocycles. The summed E-state index contributed by atoms with van der Waals surface area (Å²) in [5, 5.41) is 10.1. The Kier molecular flexibility index (Phi) is 4.88. The van der Waals surface area contributed by atoms with Gasteiger partial charge in [-0.3, -0.25) is 25.8 Å². The maximum Gasteiger partial charge on any atom is 0.416 e. The van der Waals surface area contributed by atoms with Crippen LogP contribution in [0.25, 0.3) is 0 Å². The molecule has 1 amide bonds. The molecule has 0 saturated heterocycles. The predicted octanol–water partition coefficient (Wildman–Crippen LogP) is 3.42. The fraction of sp³-hybridized carbons (Fsp3) is 0.0769. The number of benzene rings is 1. The number of carbonyl (C=O) groups excluding carboxylic acids is 1. The average molecular weight is 361 g/mol.